The van der Waals surface area contributed by atoms with Crippen LogP contribution in [0.5, 0.6) is 0 Å². The van der Waals surface area contributed by atoms with Crippen molar-refractivity contribution in [2.24, 2.45) is 0 Å². The van der Waals surface area contributed by atoms with Gasteiger partial charge < -0.3 is 15.4 Å². The lowest BCUT2D eigenvalue weighted by Gasteiger charge is -2.12. The fourth-order valence-corrected chi connectivity index (χ4v) is 3.32. The largest absolute Gasteiger partial charge is 0.462 e. The van der Waals surface area contributed by atoms with Crippen LogP contribution in [0.15, 0.2) is 47.4 Å². The number of anilines is 1. The molecule has 0 aliphatic heterocycles. The molecule has 0 bridgehead atoms. The first-order valence-electron chi connectivity index (χ1n) is 7.89. The molecule has 0 radical (unpaired) electrons. The molecule has 2 aromatic carbocycles. The van der Waals surface area contributed by atoms with Crippen molar-refractivity contribution in [3.05, 3.63) is 58.1 Å². The van der Waals surface area contributed by atoms with Gasteiger partial charge in [0.05, 0.1) is 17.2 Å². The number of halogens is 2. The van der Waals surface area contributed by atoms with Gasteiger partial charge in [-0.25, -0.2) is 4.79 Å². The molecule has 0 saturated heterocycles. The summed E-state index contributed by atoms with van der Waals surface area (Å²) in [6, 6.07) is 12.7. The summed E-state index contributed by atoms with van der Waals surface area (Å²) in [4.78, 5) is 13.0. The summed E-state index contributed by atoms with van der Waals surface area (Å²) in [5.41, 5.74) is 0.972. The van der Waals surface area contributed by atoms with Crippen LogP contribution in [0, 0.1) is 0 Å². The van der Waals surface area contributed by atoms with E-state index in [1.807, 2.05) is 24.3 Å². The van der Waals surface area contributed by atoms with Crippen LogP contribution < -0.4 is 10.6 Å². The normalized spacial score (nSPS) is 10.3. The Balaban J connectivity index is 1.81. The number of carbonyl (C=O) groups excluding carboxylic acids is 1. The van der Waals surface area contributed by atoms with Gasteiger partial charge in [-0.3, -0.25) is 0 Å². The highest BCUT2D eigenvalue weighted by Crippen LogP contribution is 2.22. The molecule has 0 unspecified atom stereocenters. The molecule has 2 rings (SSSR count). The minimum absolute atomic E-state index is 0.290. The number of carbonyl (C=O) groups is 1. The van der Waals surface area contributed by atoms with Crippen LogP contribution in [0.3, 0.4) is 0 Å². The van der Waals surface area contributed by atoms with Crippen LogP contribution in [0.4, 0.5) is 5.69 Å². The lowest BCUT2D eigenvalue weighted by atomic mass is 10.2. The number of thiocarbonyl (C=S) groups is 1. The molecular formula is C18H18Cl2N2O2S2. The van der Waals surface area contributed by atoms with Crippen LogP contribution in [-0.4, -0.2) is 30.0 Å². The van der Waals surface area contributed by atoms with E-state index >= 15 is 0 Å². The highest BCUT2D eigenvalue weighted by atomic mass is 35.5. The number of esters is 1. The molecule has 0 aromatic heterocycles. The SMILES string of the molecule is CCOC(=O)c1cc(NC(=S)NCCSc2ccc(Cl)cc2)ccc1Cl. The Kier molecular flexibility index (Phi) is 8.51. The van der Waals surface area contributed by atoms with Crippen molar-refractivity contribution < 1.29 is 9.53 Å². The van der Waals surface area contributed by atoms with E-state index in [2.05, 4.69) is 10.6 Å². The van der Waals surface area contributed by atoms with Gasteiger partial charge >= 0.3 is 5.97 Å². The number of hydrogen-bond donors (Lipinski definition) is 2. The molecule has 4 nitrogen and oxygen atoms in total. The van der Waals surface area contributed by atoms with Crippen molar-refractivity contribution in [3.63, 3.8) is 0 Å². The van der Waals surface area contributed by atoms with E-state index in [0.29, 0.717) is 27.9 Å². The molecule has 0 heterocycles. The molecule has 138 valence electrons. The zero-order valence-electron chi connectivity index (χ0n) is 14.1. The molecule has 0 amide bonds. The highest BCUT2D eigenvalue weighted by molar-refractivity contribution is 7.99. The zero-order chi connectivity index (χ0) is 18.9. The maximum absolute atomic E-state index is 11.9. The molecule has 8 heteroatoms. The van der Waals surface area contributed by atoms with E-state index in [-0.39, 0.29) is 6.61 Å². The Morgan fingerprint density at radius 3 is 2.62 bits per heavy atom. The molecule has 0 fully saturated rings. The van der Waals surface area contributed by atoms with E-state index in [1.165, 1.54) is 0 Å². The number of hydrogen-bond acceptors (Lipinski definition) is 4. The minimum atomic E-state index is -0.459. The first-order chi connectivity index (χ1) is 12.5. The molecular weight excluding hydrogens is 411 g/mol. The number of thioether (sulfide) groups is 1. The van der Waals surface area contributed by atoms with Gasteiger partial charge in [0, 0.05) is 27.9 Å². The maximum Gasteiger partial charge on any atom is 0.339 e. The molecule has 0 saturated carbocycles. The van der Waals surface area contributed by atoms with Crippen LogP contribution in [-0.2, 0) is 4.74 Å². The van der Waals surface area contributed by atoms with Crippen LogP contribution in [0.2, 0.25) is 10.0 Å². The minimum Gasteiger partial charge on any atom is -0.462 e. The van der Waals surface area contributed by atoms with Gasteiger partial charge in [0.15, 0.2) is 5.11 Å². The Morgan fingerprint density at radius 2 is 1.92 bits per heavy atom. The van der Waals surface area contributed by atoms with Crippen molar-refractivity contribution >= 4 is 64.0 Å². The fourth-order valence-electron chi connectivity index (χ4n) is 2.01. The fraction of sp³-hybridized carbons (Fsp3) is 0.222. The first kappa shape index (κ1) is 20.8. The third kappa shape index (κ3) is 6.68. The third-order valence-electron chi connectivity index (χ3n) is 3.19. The monoisotopic (exact) mass is 428 g/mol. The van der Waals surface area contributed by atoms with Crippen LogP contribution >= 0.6 is 47.2 Å². The Labute approximate surface area is 172 Å². The molecule has 0 aliphatic rings. The summed E-state index contributed by atoms with van der Waals surface area (Å²) in [5, 5.41) is 7.70. The summed E-state index contributed by atoms with van der Waals surface area (Å²) in [6.45, 7) is 2.73. The predicted octanol–water partition coefficient (Wildman–Crippen LogP) is 5.25. The molecule has 26 heavy (non-hydrogen) atoms. The van der Waals surface area contributed by atoms with E-state index in [4.69, 9.17) is 40.2 Å². The highest BCUT2D eigenvalue weighted by Gasteiger charge is 2.12. The molecule has 2 aromatic rings. The van der Waals surface area contributed by atoms with Gasteiger partial charge in [0.25, 0.3) is 0 Å². The Hall–Kier alpha value is -1.47. The van der Waals surface area contributed by atoms with Gasteiger partial charge in [-0.2, -0.15) is 0 Å². The average Bonchev–Trinajstić information content (AvgIpc) is 2.62. The molecule has 0 aliphatic carbocycles. The zero-order valence-corrected chi connectivity index (χ0v) is 17.2. The van der Waals surface area contributed by atoms with Crippen molar-refractivity contribution in [1.29, 1.82) is 0 Å². The summed E-state index contributed by atoms with van der Waals surface area (Å²) >= 11 is 18.9. The van der Waals surface area contributed by atoms with Crippen molar-refractivity contribution in [3.8, 4) is 0 Å². The topological polar surface area (TPSA) is 50.4 Å². The summed E-state index contributed by atoms with van der Waals surface area (Å²) < 4.78 is 4.99. The van der Waals surface area contributed by atoms with E-state index < -0.39 is 5.97 Å². The van der Waals surface area contributed by atoms with Crippen molar-refractivity contribution in [2.75, 3.05) is 24.2 Å². The maximum atomic E-state index is 11.9. The summed E-state index contributed by atoms with van der Waals surface area (Å²) in [6.07, 6.45) is 0. The lowest BCUT2D eigenvalue weighted by molar-refractivity contribution is 0.0526. The summed E-state index contributed by atoms with van der Waals surface area (Å²) in [7, 11) is 0. The number of benzene rings is 2. The quantitative estimate of drug-likeness (QED) is 0.271. The van der Waals surface area contributed by atoms with Crippen LogP contribution in [0.25, 0.3) is 0 Å². The van der Waals surface area contributed by atoms with Crippen LogP contribution in [0.1, 0.15) is 17.3 Å². The average molecular weight is 429 g/mol. The van der Waals surface area contributed by atoms with E-state index in [1.54, 1.807) is 36.9 Å². The van der Waals surface area contributed by atoms with Crippen molar-refractivity contribution in [2.45, 2.75) is 11.8 Å². The number of nitrogens with one attached hydrogen (secondary N) is 2. The molecule has 2 N–H and O–H groups in total. The van der Waals surface area contributed by atoms with Gasteiger partial charge in [-0.05, 0) is 61.6 Å². The lowest BCUT2D eigenvalue weighted by Crippen LogP contribution is -2.30. The van der Waals surface area contributed by atoms with Gasteiger partial charge in [0.2, 0.25) is 0 Å². The molecule has 0 atom stereocenters. The van der Waals surface area contributed by atoms with Crippen molar-refractivity contribution in [1.82, 2.24) is 5.32 Å². The van der Waals surface area contributed by atoms with E-state index in [9.17, 15) is 4.79 Å². The second kappa shape index (κ2) is 10.6. The molecule has 0 spiro atoms. The Bertz CT molecular complexity index is 770. The standard InChI is InChI=1S/C18H18Cl2N2O2S2/c1-2-24-17(23)15-11-13(5-8-16(15)20)22-18(25)21-9-10-26-14-6-3-12(19)4-7-14/h3-8,11H,2,9-10H2,1H3,(H2,21,22,25). The second-order valence-electron chi connectivity index (χ2n) is 5.10. The first-order valence-corrected chi connectivity index (χ1v) is 10.0. The summed E-state index contributed by atoms with van der Waals surface area (Å²) in [5.74, 6) is 0.386. The van der Waals surface area contributed by atoms with Gasteiger partial charge in [0.1, 0.15) is 0 Å². The Morgan fingerprint density at radius 1 is 1.19 bits per heavy atom. The second-order valence-corrected chi connectivity index (χ2v) is 7.52. The third-order valence-corrected chi connectivity index (χ3v) is 5.03. The number of ether oxygens (including phenoxy) is 1. The predicted molar refractivity (Wildman–Crippen MR) is 114 cm³/mol. The number of rotatable bonds is 7. The van der Waals surface area contributed by atoms with Gasteiger partial charge in [-0.1, -0.05) is 23.2 Å². The smallest absolute Gasteiger partial charge is 0.339 e. The van der Waals surface area contributed by atoms with Gasteiger partial charge in [-0.15, -0.1) is 11.8 Å². The van der Waals surface area contributed by atoms with E-state index in [0.717, 1.165) is 15.7 Å².